The fourth-order valence-electron chi connectivity index (χ4n) is 2.54. The van der Waals surface area contributed by atoms with Gasteiger partial charge in [-0.2, -0.15) is 0 Å². The molecular weight excluding hydrogens is 353 g/mol. The molecule has 2 heterocycles. The molecule has 1 aromatic carbocycles. The Kier molecular flexibility index (Phi) is 5.12. The molecule has 0 aliphatic carbocycles. The topological polar surface area (TPSA) is 48.4 Å². The van der Waals surface area contributed by atoms with Crippen LogP contribution in [-0.2, 0) is 14.1 Å². The molecule has 0 saturated carbocycles. The standard InChI is InChI=1S/C18H22BNO3S2/c1-12(21)24-10-14(19-22-17(2,3)18(4,5)23-19)8-13-6-7-16-15(9-13)20-11-25-16/h6-9,11H,10H2,1-5H3. The van der Waals surface area contributed by atoms with Crippen LogP contribution in [0.25, 0.3) is 16.3 Å². The predicted molar refractivity (Wildman–Crippen MR) is 107 cm³/mol. The van der Waals surface area contributed by atoms with E-state index in [1.165, 1.54) is 11.8 Å². The van der Waals surface area contributed by atoms with E-state index in [4.69, 9.17) is 9.31 Å². The summed E-state index contributed by atoms with van der Waals surface area (Å²) in [7, 11) is -0.456. The van der Waals surface area contributed by atoms with Gasteiger partial charge in [-0.15, -0.1) is 11.3 Å². The number of benzene rings is 1. The van der Waals surface area contributed by atoms with Crippen LogP contribution >= 0.6 is 23.1 Å². The van der Waals surface area contributed by atoms with E-state index in [2.05, 4.69) is 29.3 Å². The highest BCUT2D eigenvalue weighted by molar-refractivity contribution is 8.13. The number of aromatic nitrogens is 1. The van der Waals surface area contributed by atoms with Crippen LogP contribution in [0, 0.1) is 0 Å². The number of nitrogens with zero attached hydrogens (tertiary/aromatic N) is 1. The minimum atomic E-state index is -0.456. The Labute approximate surface area is 157 Å². The molecule has 4 nitrogen and oxygen atoms in total. The monoisotopic (exact) mass is 375 g/mol. The third kappa shape index (κ3) is 4.00. The van der Waals surface area contributed by atoms with Crippen molar-refractivity contribution in [3.05, 3.63) is 34.7 Å². The number of hydrogen-bond donors (Lipinski definition) is 0. The molecule has 0 amide bonds. The zero-order chi connectivity index (χ0) is 18.2. The number of fused-ring (bicyclic) bond motifs is 1. The molecule has 25 heavy (non-hydrogen) atoms. The Hall–Kier alpha value is -1.15. The Bertz CT molecular complexity index is 813. The molecule has 0 spiro atoms. The van der Waals surface area contributed by atoms with Crippen LogP contribution in [0.5, 0.6) is 0 Å². The Morgan fingerprint density at radius 3 is 2.60 bits per heavy atom. The average molecular weight is 375 g/mol. The van der Waals surface area contributed by atoms with Gasteiger partial charge in [-0.1, -0.05) is 23.9 Å². The molecule has 0 radical (unpaired) electrons. The number of thiazole rings is 1. The van der Waals surface area contributed by atoms with Crippen molar-refractivity contribution in [3.8, 4) is 0 Å². The summed E-state index contributed by atoms with van der Waals surface area (Å²) >= 11 is 2.89. The van der Waals surface area contributed by atoms with E-state index < -0.39 is 18.3 Å². The predicted octanol–water partition coefficient (Wildman–Crippen LogP) is 4.59. The molecule has 1 aromatic heterocycles. The number of hydrogen-bond acceptors (Lipinski definition) is 6. The second-order valence-electron chi connectivity index (χ2n) is 7.17. The largest absolute Gasteiger partial charge is 0.491 e. The van der Waals surface area contributed by atoms with Gasteiger partial charge in [0.05, 0.1) is 26.9 Å². The van der Waals surface area contributed by atoms with E-state index in [1.807, 2.05) is 33.2 Å². The van der Waals surface area contributed by atoms with E-state index in [0.29, 0.717) is 5.75 Å². The van der Waals surface area contributed by atoms with Crippen molar-refractivity contribution in [1.82, 2.24) is 4.98 Å². The smallest absolute Gasteiger partial charge is 0.400 e. The molecule has 7 heteroatoms. The second-order valence-corrected chi connectivity index (χ2v) is 9.21. The van der Waals surface area contributed by atoms with Crippen molar-refractivity contribution in [2.45, 2.75) is 45.8 Å². The van der Waals surface area contributed by atoms with Crippen molar-refractivity contribution in [3.63, 3.8) is 0 Å². The Morgan fingerprint density at radius 2 is 1.96 bits per heavy atom. The van der Waals surface area contributed by atoms with E-state index in [0.717, 1.165) is 21.3 Å². The van der Waals surface area contributed by atoms with Crippen LogP contribution in [0.4, 0.5) is 0 Å². The molecule has 3 rings (SSSR count). The second kappa shape index (κ2) is 6.87. The molecule has 132 valence electrons. The van der Waals surface area contributed by atoms with Crippen LogP contribution in [-0.4, -0.2) is 34.2 Å². The molecule has 1 aliphatic heterocycles. The van der Waals surface area contributed by atoms with Gasteiger partial charge in [0.25, 0.3) is 0 Å². The summed E-state index contributed by atoms with van der Waals surface area (Å²) in [6, 6.07) is 6.18. The quantitative estimate of drug-likeness (QED) is 0.732. The summed E-state index contributed by atoms with van der Waals surface area (Å²) in [5.41, 5.74) is 4.00. The van der Waals surface area contributed by atoms with Gasteiger partial charge in [-0.3, -0.25) is 4.79 Å². The molecular formula is C18H22BNO3S2. The van der Waals surface area contributed by atoms with Gasteiger partial charge in [0, 0.05) is 12.7 Å². The van der Waals surface area contributed by atoms with Gasteiger partial charge in [0.15, 0.2) is 5.12 Å². The fourth-order valence-corrected chi connectivity index (χ4v) is 3.78. The van der Waals surface area contributed by atoms with Gasteiger partial charge in [-0.25, -0.2) is 4.98 Å². The fraction of sp³-hybridized carbons (Fsp3) is 0.444. The highest BCUT2D eigenvalue weighted by atomic mass is 32.2. The lowest BCUT2D eigenvalue weighted by molar-refractivity contribution is -0.109. The van der Waals surface area contributed by atoms with E-state index in [1.54, 1.807) is 18.3 Å². The van der Waals surface area contributed by atoms with E-state index in [-0.39, 0.29) is 5.12 Å². The Balaban J connectivity index is 1.92. The first-order valence-electron chi connectivity index (χ1n) is 8.21. The van der Waals surface area contributed by atoms with Crippen molar-refractivity contribution in [2.75, 3.05) is 5.75 Å². The average Bonchev–Trinajstić information content (AvgIpc) is 3.05. The van der Waals surface area contributed by atoms with Crippen molar-refractivity contribution >= 4 is 51.6 Å². The number of carbonyl (C=O) groups excluding carboxylic acids is 1. The first kappa shape index (κ1) is 18.6. The lowest BCUT2D eigenvalue weighted by Crippen LogP contribution is -2.41. The van der Waals surface area contributed by atoms with Crippen LogP contribution in [0.1, 0.15) is 40.2 Å². The van der Waals surface area contributed by atoms with E-state index >= 15 is 0 Å². The summed E-state index contributed by atoms with van der Waals surface area (Å²) in [6.45, 7) is 9.70. The van der Waals surface area contributed by atoms with Gasteiger partial charge < -0.3 is 9.31 Å². The van der Waals surface area contributed by atoms with Crippen LogP contribution < -0.4 is 0 Å². The molecule has 0 atom stereocenters. The van der Waals surface area contributed by atoms with Gasteiger partial charge in [0.2, 0.25) is 0 Å². The lowest BCUT2D eigenvalue weighted by Gasteiger charge is -2.32. The molecule has 0 N–H and O–H groups in total. The SMILES string of the molecule is CC(=O)SCC(=Cc1ccc2scnc2c1)B1OC(C)(C)C(C)(C)O1. The number of rotatable bonds is 4. The highest BCUT2D eigenvalue weighted by Crippen LogP contribution is 2.39. The molecule has 0 bridgehead atoms. The zero-order valence-electron chi connectivity index (χ0n) is 15.2. The van der Waals surface area contributed by atoms with E-state index in [9.17, 15) is 4.79 Å². The number of carbonyl (C=O) groups is 1. The molecule has 2 aromatic rings. The summed E-state index contributed by atoms with van der Waals surface area (Å²) in [4.78, 5) is 15.8. The van der Waals surface area contributed by atoms with Crippen LogP contribution in [0.3, 0.4) is 0 Å². The molecule has 1 saturated heterocycles. The summed E-state index contributed by atoms with van der Waals surface area (Å²) in [5, 5.41) is 0.0809. The third-order valence-corrected chi connectivity index (χ3v) is 6.40. The molecule has 0 unspecified atom stereocenters. The minimum absolute atomic E-state index is 0.0809. The zero-order valence-corrected chi connectivity index (χ0v) is 16.8. The molecule has 1 aliphatic rings. The molecule has 1 fully saturated rings. The van der Waals surface area contributed by atoms with Crippen molar-refractivity contribution in [2.24, 2.45) is 0 Å². The maximum atomic E-state index is 11.5. The summed E-state index contributed by atoms with van der Waals surface area (Å²) in [6.07, 6.45) is 2.05. The lowest BCUT2D eigenvalue weighted by atomic mass is 9.78. The maximum absolute atomic E-state index is 11.5. The van der Waals surface area contributed by atoms with Gasteiger partial charge >= 0.3 is 7.12 Å². The van der Waals surface area contributed by atoms with Crippen LogP contribution in [0.2, 0.25) is 0 Å². The first-order chi connectivity index (χ1) is 11.7. The first-order valence-corrected chi connectivity index (χ1v) is 10.1. The summed E-state index contributed by atoms with van der Waals surface area (Å²) in [5.74, 6) is 0.543. The Morgan fingerprint density at radius 1 is 1.28 bits per heavy atom. The third-order valence-electron chi connectivity index (χ3n) is 4.70. The highest BCUT2D eigenvalue weighted by Gasteiger charge is 2.52. The normalized spacial score (nSPS) is 19.6. The van der Waals surface area contributed by atoms with Gasteiger partial charge in [-0.05, 0) is 50.9 Å². The maximum Gasteiger partial charge on any atom is 0.491 e. The number of thioether (sulfide) groups is 1. The van der Waals surface area contributed by atoms with Gasteiger partial charge in [0.1, 0.15) is 0 Å². The van der Waals surface area contributed by atoms with Crippen LogP contribution in [0.15, 0.2) is 29.2 Å². The minimum Gasteiger partial charge on any atom is -0.400 e. The van der Waals surface area contributed by atoms with Crippen molar-refractivity contribution < 1.29 is 14.1 Å². The van der Waals surface area contributed by atoms with Crippen molar-refractivity contribution in [1.29, 1.82) is 0 Å². The summed E-state index contributed by atoms with van der Waals surface area (Å²) < 4.78 is 13.5.